The lowest BCUT2D eigenvalue weighted by Crippen LogP contribution is -2.05. The molecule has 0 amide bonds. The summed E-state index contributed by atoms with van der Waals surface area (Å²) in [7, 11) is -4.00. The van der Waals surface area contributed by atoms with Crippen molar-refractivity contribution >= 4 is 32.5 Å². The molecule has 1 fully saturated rings. The SMILES string of the molecule is CC(C)CC(=O)c1ccccc1.CCCCCCCCCCCCC.O=C(CC1CCCC1)c1ccc2ccccc2c1.O=S(=O)(O)c1ccccc1. The minimum Gasteiger partial charge on any atom is -0.294 e. The predicted octanol–water partition coefficient (Wildman–Crippen LogP) is 13.8. The van der Waals surface area contributed by atoms with Crippen LogP contribution in [0.1, 0.15) is 158 Å². The number of fused-ring (bicyclic) bond motifs is 1. The smallest absolute Gasteiger partial charge is 0.294 e. The lowest BCUT2D eigenvalue weighted by Gasteiger charge is -2.08. The molecule has 0 unspecified atom stereocenters. The number of carbonyl (C=O) groups excluding carboxylic acids is 2. The number of benzene rings is 4. The molecule has 6 heteroatoms. The second-order valence-electron chi connectivity index (χ2n) is 14.7. The summed E-state index contributed by atoms with van der Waals surface area (Å²) in [6.07, 6.45) is 22.4. The van der Waals surface area contributed by atoms with Gasteiger partial charge in [-0.05, 0) is 40.8 Å². The fourth-order valence-corrected chi connectivity index (χ4v) is 6.90. The maximum Gasteiger partial charge on any atom is 0.294 e. The van der Waals surface area contributed by atoms with Crippen molar-refractivity contribution in [3.63, 3.8) is 0 Å². The summed E-state index contributed by atoms with van der Waals surface area (Å²) < 4.78 is 29.2. The summed E-state index contributed by atoms with van der Waals surface area (Å²) in [6, 6.07) is 31.1. The van der Waals surface area contributed by atoms with E-state index in [0.717, 1.165) is 22.9 Å². The van der Waals surface area contributed by atoms with Crippen molar-refractivity contribution in [3.8, 4) is 0 Å². The minimum atomic E-state index is -4.00. The van der Waals surface area contributed by atoms with Crippen molar-refractivity contribution < 1.29 is 22.6 Å². The third kappa shape index (κ3) is 20.4. The van der Waals surface area contributed by atoms with E-state index in [4.69, 9.17) is 4.55 Å². The van der Waals surface area contributed by atoms with Crippen LogP contribution in [0.5, 0.6) is 0 Å². The minimum absolute atomic E-state index is 0.0741. The van der Waals surface area contributed by atoms with Crippen molar-refractivity contribution in [1.82, 2.24) is 0 Å². The van der Waals surface area contributed by atoms with Crippen LogP contribution in [0.3, 0.4) is 0 Å². The van der Waals surface area contributed by atoms with E-state index in [9.17, 15) is 18.0 Å². The van der Waals surface area contributed by atoms with Gasteiger partial charge < -0.3 is 0 Å². The molecule has 5 nitrogen and oxygen atoms in total. The van der Waals surface area contributed by atoms with Crippen molar-refractivity contribution in [3.05, 3.63) is 114 Å². The van der Waals surface area contributed by atoms with Crippen LogP contribution >= 0.6 is 0 Å². The van der Waals surface area contributed by atoms with Crippen molar-refractivity contribution in [1.29, 1.82) is 0 Å². The second kappa shape index (κ2) is 27.0. The molecule has 0 atom stereocenters. The number of unbranched alkanes of at least 4 members (excludes halogenated alkanes) is 10. The van der Waals surface area contributed by atoms with E-state index in [-0.39, 0.29) is 10.7 Å². The monoisotopic (exact) mass is 742 g/mol. The highest BCUT2D eigenvalue weighted by Gasteiger charge is 2.19. The zero-order valence-electron chi connectivity index (χ0n) is 33.0. The summed E-state index contributed by atoms with van der Waals surface area (Å²) in [4.78, 5) is 23.6. The highest BCUT2D eigenvalue weighted by atomic mass is 32.2. The van der Waals surface area contributed by atoms with Gasteiger partial charge in [0.2, 0.25) is 0 Å². The Bertz CT molecular complexity index is 1650. The van der Waals surface area contributed by atoms with Crippen LogP contribution in [-0.4, -0.2) is 24.5 Å². The van der Waals surface area contributed by atoms with Crippen molar-refractivity contribution in [2.45, 2.75) is 142 Å². The first-order chi connectivity index (χ1) is 25.5. The Morgan fingerprint density at radius 3 is 1.55 bits per heavy atom. The van der Waals surface area contributed by atoms with E-state index in [0.29, 0.717) is 24.0 Å². The van der Waals surface area contributed by atoms with Gasteiger partial charge in [-0.15, -0.1) is 0 Å². The van der Waals surface area contributed by atoms with E-state index in [2.05, 4.69) is 45.9 Å². The largest absolute Gasteiger partial charge is 0.294 e. The van der Waals surface area contributed by atoms with Gasteiger partial charge in [0.15, 0.2) is 11.6 Å². The van der Waals surface area contributed by atoms with Crippen molar-refractivity contribution in [2.75, 3.05) is 0 Å². The quantitative estimate of drug-likeness (QED) is 0.0661. The molecule has 5 rings (SSSR count). The van der Waals surface area contributed by atoms with Crippen LogP contribution < -0.4 is 0 Å². The van der Waals surface area contributed by atoms with E-state index in [1.54, 1.807) is 18.2 Å². The zero-order valence-corrected chi connectivity index (χ0v) is 33.8. The van der Waals surface area contributed by atoms with Crippen LogP contribution in [-0.2, 0) is 10.1 Å². The van der Waals surface area contributed by atoms with Crippen LogP contribution in [0.25, 0.3) is 10.8 Å². The molecule has 0 aliphatic heterocycles. The molecule has 0 bridgehead atoms. The molecule has 0 heterocycles. The molecular formula is C47H66O5S. The Morgan fingerprint density at radius 2 is 1.08 bits per heavy atom. The summed E-state index contributed by atoms with van der Waals surface area (Å²) in [5.41, 5.74) is 1.70. The Hall–Kier alpha value is -3.61. The number of hydrogen-bond donors (Lipinski definition) is 1. The number of rotatable bonds is 17. The molecule has 53 heavy (non-hydrogen) atoms. The Labute approximate surface area is 321 Å². The first-order valence-corrected chi connectivity index (χ1v) is 21.6. The topological polar surface area (TPSA) is 88.5 Å². The lowest BCUT2D eigenvalue weighted by molar-refractivity contribution is 0.0956. The summed E-state index contributed by atoms with van der Waals surface area (Å²) >= 11 is 0. The van der Waals surface area contributed by atoms with Gasteiger partial charge in [-0.2, -0.15) is 8.42 Å². The van der Waals surface area contributed by atoms with Gasteiger partial charge in [-0.3, -0.25) is 14.1 Å². The molecule has 1 N–H and O–H groups in total. The molecule has 0 saturated heterocycles. The first kappa shape index (κ1) is 45.5. The number of hydrogen-bond acceptors (Lipinski definition) is 4. The third-order valence-electron chi connectivity index (χ3n) is 9.46. The average Bonchev–Trinajstić information content (AvgIpc) is 3.68. The van der Waals surface area contributed by atoms with Crippen LogP contribution in [0.15, 0.2) is 108 Å². The standard InChI is InChI=1S/C17H18O.C13H28.C11H14O.C6H6O3S/c18-17(11-13-5-1-2-6-13)16-10-9-14-7-3-4-8-15(14)12-16;1-3-5-7-9-11-13-12-10-8-6-4-2;1-9(2)8-11(12)10-6-4-3-5-7-10;7-10(8,9)6-4-2-1-3-5-6/h3-4,7-10,12-13H,1-2,5-6,11H2;3-13H2,1-2H3;3-7,9H,8H2,1-2H3;1-5H,(H,7,8,9). The summed E-state index contributed by atoms with van der Waals surface area (Å²) in [6.45, 7) is 8.68. The Balaban J connectivity index is 0.000000251. The summed E-state index contributed by atoms with van der Waals surface area (Å²) in [5.74, 6) is 1.62. The zero-order chi connectivity index (χ0) is 38.7. The van der Waals surface area contributed by atoms with Gasteiger partial charge in [-0.25, -0.2) is 0 Å². The fourth-order valence-electron chi connectivity index (χ4n) is 6.40. The molecule has 1 aliphatic carbocycles. The number of Topliss-reactive ketones (excluding diaryl/α,β-unsaturated/α-hetero) is 2. The van der Waals surface area contributed by atoms with E-state index >= 15 is 0 Å². The molecular weight excluding hydrogens is 677 g/mol. The van der Waals surface area contributed by atoms with Gasteiger partial charge in [-0.1, -0.05) is 209 Å². The molecule has 0 radical (unpaired) electrons. The van der Waals surface area contributed by atoms with Crippen LogP contribution in [0, 0.1) is 11.8 Å². The second-order valence-corrected chi connectivity index (χ2v) is 16.1. The van der Waals surface area contributed by atoms with E-state index < -0.39 is 10.1 Å². The number of ketones is 2. The first-order valence-electron chi connectivity index (χ1n) is 20.2. The lowest BCUT2D eigenvalue weighted by atomic mass is 9.96. The van der Waals surface area contributed by atoms with Crippen LogP contribution in [0.4, 0.5) is 0 Å². The average molecular weight is 743 g/mol. The molecule has 0 aromatic heterocycles. The maximum atomic E-state index is 12.2. The van der Waals surface area contributed by atoms with Crippen molar-refractivity contribution in [2.24, 2.45) is 11.8 Å². The molecule has 4 aromatic carbocycles. The predicted molar refractivity (Wildman–Crippen MR) is 223 cm³/mol. The number of carbonyl (C=O) groups is 2. The molecule has 1 saturated carbocycles. The third-order valence-corrected chi connectivity index (χ3v) is 10.3. The highest BCUT2D eigenvalue weighted by Crippen LogP contribution is 2.29. The Kier molecular flexibility index (Phi) is 23.2. The van der Waals surface area contributed by atoms with Gasteiger partial charge in [0, 0.05) is 24.0 Å². The fraction of sp³-hybridized carbons (Fsp3) is 0.489. The molecule has 0 spiro atoms. The molecule has 290 valence electrons. The van der Waals surface area contributed by atoms with Gasteiger partial charge in [0.05, 0.1) is 4.90 Å². The van der Waals surface area contributed by atoms with Gasteiger partial charge >= 0.3 is 0 Å². The maximum absolute atomic E-state index is 12.2. The van der Waals surface area contributed by atoms with E-state index in [1.165, 1.54) is 114 Å². The molecule has 4 aromatic rings. The highest BCUT2D eigenvalue weighted by molar-refractivity contribution is 7.85. The van der Waals surface area contributed by atoms with Gasteiger partial charge in [0.25, 0.3) is 10.1 Å². The Morgan fingerprint density at radius 1 is 0.604 bits per heavy atom. The normalized spacial score (nSPS) is 12.6. The van der Waals surface area contributed by atoms with E-state index in [1.807, 2.05) is 54.6 Å². The van der Waals surface area contributed by atoms with Gasteiger partial charge in [0.1, 0.15) is 0 Å². The molecule has 1 aliphatic rings. The summed E-state index contributed by atoms with van der Waals surface area (Å²) in [5, 5.41) is 2.37. The van der Waals surface area contributed by atoms with Crippen LogP contribution in [0.2, 0.25) is 0 Å².